The Bertz CT molecular complexity index is 944. The SMILES string of the molecule is Cc1noc(C)c1CCC(=O)N1CC2CC(C1)c1ccc(N([O-])O)c(=O)n1C2. The molecule has 2 aromatic heterocycles. The van der Waals surface area contributed by atoms with Crippen LogP contribution in [0.25, 0.3) is 0 Å². The number of hydrogen-bond donors (Lipinski definition) is 1. The van der Waals surface area contributed by atoms with Crippen molar-refractivity contribution in [3.8, 4) is 0 Å². The highest BCUT2D eigenvalue weighted by molar-refractivity contribution is 5.76. The molecule has 2 aliphatic rings. The first-order valence-electron chi connectivity index (χ1n) is 9.44. The number of rotatable bonds is 4. The Balaban J connectivity index is 1.49. The molecule has 1 saturated heterocycles. The van der Waals surface area contributed by atoms with Gasteiger partial charge in [-0.1, -0.05) is 5.16 Å². The number of aromatic nitrogens is 2. The number of hydrogen-bond acceptors (Lipinski definition) is 7. The van der Waals surface area contributed by atoms with Gasteiger partial charge in [0.1, 0.15) is 11.4 Å². The van der Waals surface area contributed by atoms with Crippen LogP contribution in [0.2, 0.25) is 0 Å². The zero-order valence-electron chi connectivity index (χ0n) is 15.9. The minimum atomic E-state index is -0.483. The largest absolute Gasteiger partial charge is 0.733 e. The summed E-state index contributed by atoms with van der Waals surface area (Å²) in [6.07, 6.45) is 1.90. The molecule has 2 aromatic rings. The summed E-state index contributed by atoms with van der Waals surface area (Å²) < 4.78 is 6.73. The van der Waals surface area contributed by atoms with Gasteiger partial charge in [0.05, 0.1) is 5.69 Å². The van der Waals surface area contributed by atoms with E-state index in [0.29, 0.717) is 32.5 Å². The second kappa shape index (κ2) is 7.06. The zero-order valence-corrected chi connectivity index (χ0v) is 15.9. The second-order valence-electron chi connectivity index (χ2n) is 7.73. The number of anilines is 1. The average molecular weight is 387 g/mol. The highest BCUT2D eigenvalue weighted by atomic mass is 16.8. The number of pyridine rings is 1. The number of carbonyl (C=O) groups is 1. The topological polar surface area (TPSA) is 115 Å². The lowest BCUT2D eigenvalue weighted by atomic mass is 9.83. The Morgan fingerprint density at radius 2 is 2.14 bits per heavy atom. The first-order chi connectivity index (χ1) is 13.3. The number of likely N-dealkylation sites (tertiary alicyclic amines) is 1. The van der Waals surface area contributed by atoms with Crippen molar-refractivity contribution in [3.63, 3.8) is 0 Å². The van der Waals surface area contributed by atoms with Crippen LogP contribution in [0.15, 0.2) is 21.5 Å². The number of fused-ring (bicyclic) bond motifs is 4. The number of carbonyl (C=O) groups excluding carboxylic acids is 1. The van der Waals surface area contributed by atoms with Crippen molar-refractivity contribution < 1.29 is 14.5 Å². The maximum Gasteiger partial charge on any atom is 0.275 e. The maximum atomic E-state index is 12.8. The molecule has 0 radical (unpaired) electrons. The van der Waals surface area contributed by atoms with Gasteiger partial charge in [-0.25, -0.2) is 0 Å². The van der Waals surface area contributed by atoms with Crippen LogP contribution in [-0.2, 0) is 17.8 Å². The average Bonchev–Trinajstić information content (AvgIpc) is 2.98. The Morgan fingerprint density at radius 3 is 2.82 bits per heavy atom. The summed E-state index contributed by atoms with van der Waals surface area (Å²) in [5.74, 6) is 1.04. The predicted octanol–water partition coefficient (Wildman–Crippen LogP) is 1.73. The molecule has 0 aromatic carbocycles. The van der Waals surface area contributed by atoms with Gasteiger partial charge in [-0.05, 0) is 44.7 Å². The number of amides is 1. The third-order valence-electron chi connectivity index (χ3n) is 5.91. The van der Waals surface area contributed by atoms with Crippen LogP contribution in [0.4, 0.5) is 5.69 Å². The summed E-state index contributed by atoms with van der Waals surface area (Å²) in [6.45, 7) is 5.31. The molecule has 4 heterocycles. The van der Waals surface area contributed by atoms with Gasteiger partial charge in [0.15, 0.2) is 0 Å². The third-order valence-corrected chi connectivity index (χ3v) is 5.91. The molecular weight excluding hydrogens is 364 g/mol. The van der Waals surface area contributed by atoms with E-state index in [0.717, 1.165) is 29.1 Å². The van der Waals surface area contributed by atoms with Gasteiger partial charge in [-0.2, -0.15) is 0 Å². The molecule has 0 spiro atoms. The van der Waals surface area contributed by atoms with E-state index in [4.69, 9.17) is 9.73 Å². The van der Waals surface area contributed by atoms with Crippen molar-refractivity contribution in [1.29, 1.82) is 0 Å². The van der Waals surface area contributed by atoms with Crippen molar-refractivity contribution in [1.82, 2.24) is 14.6 Å². The van der Waals surface area contributed by atoms with E-state index in [1.54, 1.807) is 10.6 Å². The third kappa shape index (κ3) is 3.20. The van der Waals surface area contributed by atoms with Crippen LogP contribution >= 0.6 is 0 Å². The molecule has 2 atom stereocenters. The van der Waals surface area contributed by atoms with Crippen LogP contribution < -0.4 is 10.8 Å². The Kier molecular flexibility index (Phi) is 4.72. The summed E-state index contributed by atoms with van der Waals surface area (Å²) >= 11 is 0. The zero-order chi connectivity index (χ0) is 20.0. The molecule has 1 amide bonds. The predicted molar refractivity (Wildman–Crippen MR) is 100 cm³/mol. The van der Waals surface area contributed by atoms with Gasteiger partial charge < -0.3 is 24.4 Å². The lowest BCUT2D eigenvalue weighted by Gasteiger charge is -2.43. The fourth-order valence-corrected chi connectivity index (χ4v) is 4.53. The molecule has 28 heavy (non-hydrogen) atoms. The van der Waals surface area contributed by atoms with Crippen LogP contribution in [0, 0.1) is 25.0 Å². The van der Waals surface area contributed by atoms with Gasteiger partial charge >= 0.3 is 0 Å². The summed E-state index contributed by atoms with van der Waals surface area (Å²) in [7, 11) is 0. The normalized spacial score (nSPS) is 20.8. The van der Waals surface area contributed by atoms with Gasteiger partial charge in [-0.3, -0.25) is 14.8 Å². The molecule has 0 saturated carbocycles. The van der Waals surface area contributed by atoms with Crippen molar-refractivity contribution in [3.05, 3.63) is 50.4 Å². The molecule has 2 bridgehead atoms. The lowest BCUT2D eigenvalue weighted by molar-refractivity contribution is -0.133. The molecule has 9 heteroatoms. The minimum Gasteiger partial charge on any atom is -0.733 e. The van der Waals surface area contributed by atoms with Crippen molar-refractivity contribution in [2.75, 3.05) is 18.3 Å². The quantitative estimate of drug-likeness (QED) is 0.794. The molecule has 1 fully saturated rings. The van der Waals surface area contributed by atoms with Gasteiger partial charge in [-0.15, -0.1) is 0 Å². The molecule has 2 aliphatic heterocycles. The Morgan fingerprint density at radius 1 is 1.36 bits per heavy atom. The van der Waals surface area contributed by atoms with Crippen LogP contribution in [-0.4, -0.2) is 38.8 Å². The minimum absolute atomic E-state index is 0.0519. The Hall–Kier alpha value is -2.65. The Labute approximate surface area is 161 Å². The highest BCUT2D eigenvalue weighted by Gasteiger charge is 2.36. The van der Waals surface area contributed by atoms with E-state index >= 15 is 0 Å². The van der Waals surface area contributed by atoms with E-state index in [9.17, 15) is 14.8 Å². The molecular formula is C19H23N4O5-. The molecule has 2 unspecified atom stereocenters. The smallest absolute Gasteiger partial charge is 0.275 e. The number of aryl methyl sites for hydroxylation is 2. The van der Waals surface area contributed by atoms with Crippen LogP contribution in [0.5, 0.6) is 0 Å². The fourth-order valence-electron chi connectivity index (χ4n) is 4.53. The maximum absolute atomic E-state index is 12.8. The standard InChI is InChI=1S/C19H23N4O5/c1-11-15(12(2)28-20-11)3-6-18(24)21-8-13-7-14(10-21)16-4-5-17(23(26)27)19(25)22(16)9-13/h4-5,13-14,26H,3,6-10H2,1-2H3/q-1. The molecule has 150 valence electrons. The monoisotopic (exact) mass is 387 g/mol. The van der Waals surface area contributed by atoms with E-state index < -0.39 is 5.56 Å². The summed E-state index contributed by atoms with van der Waals surface area (Å²) in [5, 5.41) is 23.8. The molecule has 4 rings (SSSR count). The summed E-state index contributed by atoms with van der Waals surface area (Å²) in [6, 6.07) is 3.05. The lowest BCUT2D eigenvalue weighted by Crippen LogP contribution is -2.49. The van der Waals surface area contributed by atoms with E-state index in [1.807, 2.05) is 18.7 Å². The van der Waals surface area contributed by atoms with Crippen LogP contribution in [0.3, 0.4) is 0 Å². The summed E-state index contributed by atoms with van der Waals surface area (Å²) in [5.41, 5.74) is 1.86. The van der Waals surface area contributed by atoms with E-state index in [2.05, 4.69) is 5.16 Å². The van der Waals surface area contributed by atoms with Gasteiger partial charge in [0.25, 0.3) is 5.56 Å². The second-order valence-corrected chi connectivity index (χ2v) is 7.73. The summed E-state index contributed by atoms with van der Waals surface area (Å²) in [4.78, 5) is 27.1. The van der Waals surface area contributed by atoms with Crippen molar-refractivity contribution in [2.45, 2.75) is 45.6 Å². The number of piperidine rings is 1. The van der Waals surface area contributed by atoms with Gasteiger partial charge in [0, 0.05) is 43.2 Å². The van der Waals surface area contributed by atoms with Crippen molar-refractivity contribution >= 4 is 11.6 Å². The van der Waals surface area contributed by atoms with E-state index in [-0.39, 0.29) is 28.7 Å². The molecule has 0 aliphatic carbocycles. The van der Waals surface area contributed by atoms with Crippen molar-refractivity contribution in [2.24, 2.45) is 5.92 Å². The molecule has 9 nitrogen and oxygen atoms in total. The molecule has 1 N–H and O–H groups in total. The number of nitrogens with zero attached hydrogens (tertiary/aromatic N) is 4. The van der Waals surface area contributed by atoms with Crippen LogP contribution in [0.1, 0.15) is 41.5 Å². The van der Waals surface area contributed by atoms with Gasteiger partial charge in [0.2, 0.25) is 5.91 Å². The fraction of sp³-hybridized carbons (Fsp3) is 0.526. The first-order valence-corrected chi connectivity index (χ1v) is 9.44. The first kappa shape index (κ1) is 18.7. The van der Waals surface area contributed by atoms with E-state index in [1.165, 1.54) is 6.07 Å². The highest BCUT2D eigenvalue weighted by Crippen LogP contribution is 2.36.